The molecule has 6 heteroatoms. The van der Waals surface area contributed by atoms with E-state index in [0.29, 0.717) is 4.90 Å². The predicted molar refractivity (Wildman–Crippen MR) is 72.9 cm³/mol. The molecule has 1 saturated heterocycles. The molecule has 100 valence electrons. The molecule has 4 nitrogen and oxygen atoms in total. The van der Waals surface area contributed by atoms with Crippen molar-refractivity contribution in [1.29, 1.82) is 0 Å². The van der Waals surface area contributed by atoms with Gasteiger partial charge in [-0.15, -0.1) is 11.8 Å². The fraction of sp³-hybridized carbons (Fsp3) is 0.500. The Balaban J connectivity index is 1.90. The van der Waals surface area contributed by atoms with Crippen LogP contribution >= 0.6 is 11.8 Å². The summed E-state index contributed by atoms with van der Waals surface area (Å²) in [5.74, 6) is 0.880. The largest absolute Gasteiger partial charge is 0.375 e. The number of nitrogens with one attached hydrogen (secondary N) is 1. The third kappa shape index (κ3) is 3.98. The summed E-state index contributed by atoms with van der Waals surface area (Å²) in [6.45, 7) is 2.57. The Kier molecular flexibility index (Phi) is 4.66. The Morgan fingerprint density at radius 3 is 2.67 bits per heavy atom. The molecule has 0 spiro atoms. The van der Waals surface area contributed by atoms with Crippen molar-refractivity contribution in [3.63, 3.8) is 0 Å². The maximum absolute atomic E-state index is 11.3. The van der Waals surface area contributed by atoms with Crippen LogP contribution in [0.4, 0.5) is 0 Å². The fourth-order valence-corrected chi connectivity index (χ4v) is 3.25. The first-order valence-electron chi connectivity index (χ1n) is 5.81. The quantitative estimate of drug-likeness (QED) is 0.843. The number of sulfone groups is 1. The van der Waals surface area contributed by atoms with Crippen molar-refractivity contribution in [2.75, 3.05) is 31.7 Å². The van der Waals surface area contributed by atoms with Crippen LogP contribution in [0.25, 0.3) is 0 Å². The summed E-state index contributed by atoms with van der Waals surface area (Å²) in [4.78, 5) is 1.43. The van der Waals surface area contributed by atoms with Gasteiger partial charge < -0.3 is 10.1 Å². The third-order valence-corrected chi connectivity index (χ3v) is 4.96. The van der Waals surface area contributed by atoms with Crippen LogP contribution in [0.1, 0.15) is 0 Å². The minimum atomic E-state index is -3.10. The van der Waals surface area contributed by atoms with Crippen LogP contribution in [0.3, 0.4) is 0 Å². The van der Waals surface area contributed by atoms with E-state index in [1.54, 1.807) is 23.9 Å². The van der Waals surface area contributed by atoms with Crippen molar-refractivity contribution in [1.82, 2.24) is 5.32 Å². The minimum Gasteiger partial charge on any atom is -0.375 e. The molecule has 0 bridgehead atoms. The first-order chi connectivity index (χ1) is 8.55. The molecule has 0 radical (unpaired) electrons. The zero-order valence-corrected chi connectivity index (χ0v) is 11.9. The summed E-state index contributed by atoms with van der Waals surface area (Å²) in [7, 11) is -3.10. The molecule has 2 rings (SSSR count). The molecule has 0 amide bonds. The van der Waals surface area contributed by atoms with E-state index in [4.69, 9.17) is 4.74 Å². The van der Waals surface area contributed by atoms with Gasteiger partial charge in [-0.1, -0.05) is 0 Å². The average molecular weight is 287 g/mol. The Bertz CT molecular complexity index is 479. The normalized spacial score (nSPS) is 20.8. The van der Waals surface area contributed by atoms with Gasteiger partial charge in [0.1, 0.15) is 0 Å². The van der Waals surface area contributed by atoms with Gasteiger partial charge in [-0.2, -0.15) is 0 Å². The van der Waals surface area contributed by atoms with Crippen LogP contribution < -0.4 is 5.32 Å². The molecule has 0 aromatic heterocycles. The van der Waals surface area contributed by atoms with E-state index < -0.39 is 9.84 Å². The second-order valence-corrected chi connectivity index (χ2v) is 7.36. The van der Waals surface area contributed by atoms with Gasteiger partial charge in [-0.25, -0.2) is 8.42 Å². The lowest BCUT2D eigenvalue weighted by Gasteiger charge is -2.23. The van der Waals surface area contributed by atoms with E-state index in [-0.39, 0.29) is 6.10 Å². The lowest BCUT2D eigenvalue weighted by Crippen LogP contribution is -2.39. The van der Waals surface area contributed by atoms with Gasteiger partial charge in [0, 0.05) is 30.0 Å². The number of hydrogen-bond acceptors (Lipinski definition) is 5. The predicted octanol–water partition coefficient (Wildman–Crippen LogP) is 1.17. The number of hydrogen-bond donors (Lipinski definition) is 1. The van der Waals surface area contributed by atoms with Gasteiger partial charge in [-0.3, -0.25) is 0 Å². The summed E-state index contributed by atoms with van der Waals surface area (Å²) in [5.41, 5.74) is 0. The number of thioether (sulfide) groups is 1. The van der Waals surface area contributed by atoms with Crippen LogP contribution in [-0.4, -0.2) is 46.2 Å². The van der Waals surface area contributed by atoms with Gasteiger partial charge in [0.2, 0.25) is 0 Å². The molecule has 1 aliphatic heterocycles. The van der Waals surface area contributed by atoms with Crippen molar-refractivity contribution in [2.45, 2.75) is 15.9 Å². The first kappa shape index (κ1) is 13.9. The van der Waals surface area contributed by atoms with Crippen LogP contribution in [-0.2, 0) is 14.6 Å². The molecule has 1 aromatic rings. The molecule has 1 atom stereocenters. The number of morpholine rings is 1. The second-order valence-electron chi connectivity index (χ2n) is 4.25. The summed E-state index contributed by atoms with van der Waals surface area (Å²) in [6.07, 6.45) is 1.45. The van der Waals surface area contributed by atoms with E-state index in [1.165, 1.54) is 6.26 Å². The molecule has 1 aromatic carbocycles. The molecule has 1 N–H and O–H groups in total. The standard InChI is InChI=1S/C12H17NO3S2/c1-18(14,15)12-4-2-11(3-5-12)17-9-10-8-13-6-7-16-10/h2-5,10,13H,6-9H2,1H3. The van der Waals surface area contributed by atoms with Crippen LogP contribution in [0.15, 0.2) is 34.1 Å². The van der Waals surface area contributed by atoms with E-state index in [0.717, 1.165) is 30.3 Å². The fourth-order valence-electron chi connectivity index (χ4n) is 1.70. The monoisotopic (exact) mass is 287 g/mol. The summed E-state index contributed by atoms with van der Waals surface area (Å²) in [6, 6.07) is 6.99. The lowest BCUT2D eigenvalue weighted by atomic mass is 10.3. The highest BCUT2D eigenvalue weighted by molar-refractivity contribution is 7.99. The van der Waals surface area contributed by atoms with Gasteiger partial charge in [0.15, 0.2) is 9.84 Å². The molecule has 0 aliphatic carbocycles. The Morgan fingerprint density at radius 2 is 2.11 bits per heavy atom. The lowest BCUT2D eigenvalue weighted by molar-refractivity contribution is 0.0441. The summed E-state index contributed by atoms with van der Waals surface area (Å²) < 4.78 is 28.2. The molecular formula is C12H17NO3S2. The van der Waals surface area contributed by atoms with Crippen molar-refractivity contribution in [2.24, 2.45) is 0 Å². The van der Waals surface area contributed by atoms with E-state index >= 15 is 0 Å². The molecule has 18 heavy (non-hydrogen) atoms. The second kappa shape index (κ2) is 6.06. The Labute approximate surface area is 112 Å². The molecule has 1 unspecified atom stereocenters. The zero-order chi connectivity index (χ0) is 13.0. The summed E-state index contributed by atoms with van der Waals surface area (Å²) in [5, 5.41) is 3.28. The maximum Gasteiger partial charge on any atom is 0.175 e. The molecule has 1 fully saturated rings. The highest BCUT2D eigenvalue weighted by atomic mass is 32.2. The van der Waals surface area contributed by atoms with Crippen LogP contribution in [0.2, 0.25) is 0 Å². The van der Waals surface area contributed by atoms with E-state index in [1.807, 2.05) is 12.1 Å². The third-order valence-electron chi connectivity index (χ3n) is 2.69. The minimum absolute atomic E-state index is 0.235. The maximum atomic E-state index is 11.3. The van der Waals surface area contributed by atoms with E-state index in [9.17, 15) is 8.42 Å². The summed E-state index contributed by atoms with van der Waals surface area (Å²) >= 11 is 1.69. The number of benzene rings is 1. The zero-order valence-electron chi connectivity index (χ0n) is 10.3. The van der Waals surface area contributed by atoms with Crippen LogP contribution in [0.5, 0.6) is 0 Å². The first-order valence-corrected chi connectivity index (χ1v) is 8.68. The van der Waals surface area contributed by atoms with Gasteiger partial charge in [0.05, 0.1) is 17.6 Å². The van der Waals surface area contributed by atoms with Crippen molar-refractivity contribution in [3.8, 4) is 0 Å². The number of ether oxygens (including phenoxy) is 1. The van der Waals surface area contributed by atoms with Crippen LogP contribution in [0, 0.1) is 0 Å². The highest BCUT2D eigenvalue weighted by Crippen LogP contribution is 2.21. The smallest absolute Gasteiger partial charge is 0.175 e. The highest BCUT2D eigenvalue weighted by Gasteiger charge is 2.13. The molecule has 1 aliphatic rings. The molecule has 0 saturated carbocycles. The molecule has 1 heterocycles. The topological polar surface area (TPSA) is 55.4 Å². The van der Waals surface area contributed by atoms with Gasteiger partial charge >= 0.3 is 0 Å². The Morgan fingerprint density at radius 1 is 1.39 bits per heavy atom. The SMILES string of the molecule is CS(=O)(=O)c1ccc(SCC2CNCCO2)cc1. The number of rotatable bonds is 4. The van der Waals surface area contributed by atoms with Crippen molar-refractivity contribution in [3.05, 3.63) is 24.3 Å². The molecular weight excluding hydrogens is 270 g/mol. The van der Waals surface area contributed by atoms with E-state index in [2.05, 4.69) is 5.32 Å². The average Bonchev–Trinajstić information content (AvgIpc) is 2.37. The van der Waals surface area contributed by atoms with Crippen molar-refractivity contribution < 1.29 is 13.2 Å². The van der Waals surface area contributed by atoms with Crippen molar-refractivity contribution >= 4 is 21.6 Å². The van der Waals surface area contributed by atoms with Gasteiger partial charge in [-0.05, 0) is 24.3 Å². The Hall–Kier alpha value is -0.560. The van der Waals surface area contributed by atoms with Gasteiger partial charge in [0.25, 0.3) is 0 Å².